The number of carbonyl (C=O) groups is 1. The Bertz CT molecular complexity index is 410. The molecule has 1 aromatic carbocycles. The van der Waals surface area contributed by atoms with Crippen LogP contribution in [0.1, 0.15) is 16.8 Å². The maximum atomic E-state index is 11.7. The molecule has 0 aromatic heterocycles. The van der Waals surface area contributed by atoms with Gasteiger partial charge in [0.1, 0.15) is 0 Å². The smallest absolute Gasteiger partial charge is 0.252 e. The summed E-state index contributed by atoms with van der Waals surface area (Å²) in [4.78, 5) is 11.7. The third kappa shape index (κ3) is 2.51. The molecule has 0 radical (unpaired) electrons. The third-order valence-electron chi connectivity index (χ3n) is 2.33. The van der Waals surface area contributed by atoms with Crippen LogP contribution in [0.25, 0.3) is 0 Å². The van der Waals surface area contributed by atoms with E-state index in [0.717, 1.165) is 6.42 Å². The van der Waals surface area contributed by atoms with E-state index < -0.39 is 0 Å². The molecule has 0 heterocycles. The molecule has 1 fully saturated rings. The number of rotatable bonds is 2. The van der Waals surface area contributed by atoms with E-state index in [-0.39, 0.29) is 18.0 Å². The summed E-state index contributed by atoms with van der Waals surface area (Å²) in [5, 5.41) is 3.44. The van der Waals surface area contributed by atoms with Gasteiger partial charge in [0, 0.05) is 21.6 Å². The molecule has 80 valence electrons. The molecule has 2 rings (SSSR count). The average Bonchev–Trinajstić information content (AvgIpc) is 2.81. The minimum atomic E-state index is -0.114. The minimum Gasteiger partial charge on any atom is -0.348 e. The molecule has 0 spiro atoms. The van der Waals surface area contributed by atoms with E-state index in [9.17, 15) is 4.79 Å². The maximum Gasteiger partial charge on any atom is 0.252 e. The van der Waals surface area contributed by atoms with E-state index in [1.165, 1.54) is 0 Å². The molecular formula is C10H10BrClN2O. The van der Waals surface area contributed by atoms with Gasteiger partial charge in [-0.25, -0.2) is 0 Å². The first-order valence-electron chi connectivity index (χ1n) is 4.59. The van der Waals surface area contributed by atoms with Crippen molar-refractivity contribution in [1.29, 1.82) is 0 Å². The highest BCUT2D eigenvalue weighted by atomic mass is 79.9. The van der Waals surface area contributed by atoms with Gasteiger partial charge in [0.05, 0.1) is 5.56 Å². The van der Waals surface area contributed by atoms with Gasteiger partial charge in [0.15, 0.2) is 0 Å². The predicted molar refractivity (Wildman–Crippen MR) is 63.0 cm³/mol. The lowest BCUT2D eigenvalue weighted by atomic mass is 10.2. The molecule has 1 aromatic rings. The van der Waals surface area contributed by atoms with Gasteiger partial charge < -0.3 is 11.1 Å². The molecule has 2 unspecified atom stereocenters. The Morgan fingerprint density at radius 1 is 1.60 bits per heavy atom. The van der Waals surface area contributed by atoms with Crippen LogP contribution in [0.3, 0.4) is 0 Å². The first-order chi connectivity index (χ1) is 7.08. The van der Waals surface area contributed by atoms with Crippen molar-refractivity contribution >= 4 is 33.4 Å². The fraction of sp³-hybridized carbons (Fsp3) is 0.300. The van der Waals surface area contributed by atoms with E-state index in [0.29, 0.717) is 15.1 Å². The van der Waals surface area contributed by atoms with Crippen LogP contribution in [-0.2, 0) is 0 Å². The van der Waals surface area contributed by atoms with Crippen molar-refractivity contribution in [2.75, 3.05) is 0 Å². The minimum absolute atomic E-state index is 0.111. The quantitative estimate of drug-likeness (QED) is 0.874. The Morgan fingerprint density at radius 3 is 2.80 bits per heavy atom. The van der Waals surface area contributed by atoms with Gasteiger partial charge >= 0.3 is 0 Å². The molecule has 1 amide bonds. The zero-order valence-electron chi connectivity index (χ0n) is 7.84. The summed E-state index contributed by atoms with van der Waals surface area (Å²) < 4.78 is 0.696. The Hall–Kier alpha value is -0.580. The second-order valence-corrected chi connectivity index (χ2v) is 4.89. The Morgan fingerprint density at radius 2 is 2.27 bits per heavy atom. The number of nitrogens with two attached hydrogens (primary N) is 1. The lowest BCUT2D eigenvalue weighted by Gasteiger charge is -2.05. The molecule has 2 atom stereocenters. The van der Waals surface area contributed by atoms with E-state index in [2.05, 4.69) is 21.2 Å². The van der Waals surface area contributed by atoms with Gasteiger partial charge in [-0.05, 0) is 40.5 Å². The lowest BCUT2D eigenvalue weighted by Crippen LogP contribution is -2.29. The Kier molecular flexibility index (Phi) is 3.00. The van der Waals surface area contributed by atoms with Crippen molar-refractivity contribution in [3.8, 4) is 0 Å². The van der Waals surface area contributed by atoms with Crippen molar-refractivity contribution in [3.63, 3.8) is 0 Å². The first kappa shape index (κ1) is 10.9. The summed E-state index contributed by atoms with van der Waals surface area (Å²) >= 11 is 9.08. The van der Waals surface area contributed by atoms with Gasteiger partial charge in [0.25, 0.3) is 5.91 Å². The van der Waals surface area contributed by atoms with Crippen molar-refractivity contribution in [2.45, 2.75) is 18.5 Å². The summed E-state index contributed by atoms with van der Waals surface area (Å²) in [5.74, 6) is -0.114. The van der Waals surface area contributed by atoms with Gasteiger partial charge in [-0.15, -0.1) is 0 Å². The average molecular weight is 290 g/mol. The van der Waals surface area contributed by atoms with Crippen LogP contribution in [0.15, 0.2) is 22.7 Å². The number of nitrogens with one attached hydrogen (secondary N) is 1. The van der Waals surface area contributed by atoms with Crippen LogP contribution in [0.2, 0.25) is 5.02 Å². The highest BCUT2D eigenvalue weighted by molar-refractivity contribution is 9.10. The van der Waals surface area contributed by atoms with Crippen molar-refractivity contribution < 1.29 is 4.79 Å². The molecule has 1 aliphatic rings. The second kappa shape index (κ2) is 4.12. The zero-order valence-corrected chi connectivity index (χ0v) is 10.2. The van der Waals surface area contributed by atoms with Crippen molar-refractivity contribution in [2.24, 2.45) is 5.73 Å². The number of hydrogen-bond donors (Lipinski definition) is 2. The number of hydrogen-bond acceptors (Lipinski definition) is 2. The summed E-state index contributed by atoms with van der Waals surface area (Å²) in [5.41, 5.74) is 6.19. The highest BCUT2D eigenvalue weighted by Gasteiger charge is 2.35. The van der Waals surface area contributed by atoms with E-state index in [1.807, 2.05) is 0 Å². The van der Waals surface area contributed by atoms with Crippen LogP contribution in [0.4, 0.5) is 0 Å². The SMILES string of the molecule is NC1CC1NC(=O)c1ccc(Cl)cc1Br. The van der Waals surface area contributed by atoms with Crippen molar-refractivity contribution in [1.82, 2.24) is 5.32 Å². The van der Waals surface area contributed by atoms with E-state index in [4.69, 9.17) is 17.3 Å². The molecule has 0 saturated heterocycles. The molecule has 3 nitrogen and oxygen atoms in total. The van der Waals surface area contributed by atoms with Crippen LogP contribution in [0.5, 0.6) is 0 Å². The summed E-state index contributed by atoms with van der Waals surface area (Å²) in [6, 6.07) is 5.31. The number of benzene rings is 1. The monoisotopic (exact) mass is 288 g/mol. The number of amides is 1. The normalized spacial score (nSPS) is 23.7. The van der Waals surface area contributed by atoms with E-state index in [1.54, 1.807) is 18.2 Å². The third-order valence-corrected chi connectivity index (χ3v) is 3.22. The summed E-state index contributed by atoms with van der Waals surface area (Å²) in [6.07, 6.45) is 0.858. The van der Waals surface area contributed by atoms with Crippen LogP contribution >= 0.6 is 27.5 Å². The van der Waals surface area contributed by atoms with Gasteiger partial charge in [-0.3, -0.25) is 4.79 Å². The number of carbonyl (C=O) groups excluding carboxylic acids is 1. The zero-order chi connectivity index (χ0) is 11.0. The second-order valence-electron chi connectivity index (χ2n) is 3.60. The predicted octanol–water partition coefficient (Wildman–Crippen LogP) is 1.93. The molecular weight excluding hydrogens is 279 g/mol. The number of halogens is 2. The largest absolute Gasteiger partial charge is 0.348 e. The molecule has 3 N–H and O–H groups in total. The van der Waals surface area contributed by atoms with Gasteiger partial charge in [0.2, 0.25) is 0 Å². The topological polar surface area (TPSA) is 55.1 Å². The molecule has 0 aliphatic heterocycles. The van der Waals surface area contributed by atoms with Crippen LogP contribution in [-0.4, -0.2) is 18.0 Å². The maximum absolute atomic E-state index is 11.7. The van der Waals surface area contributed by atoms with Crippen molar-refractivity contribution in [3.05, 3.63) is 33.3 Å². The molecule has 1 aliphatic carbocycles. The fourth-order valence-corrected chi connectivity index (χ4v) is 2.16. The standard InChI is InChI=1S/C10H10BrClN2O/c11-7-3-5(12)1-2-6(7)10(15)14-9-4-8(9)13/h1-3,8-9H,4,13H2,(H,14,15). The molecule has 1 saturated carbocycles. The molecule has 0 bridgehead atoms. The summed E-state index contributed by atoms with van der Waals surface area (Å²) in [7, 11) is 0. The summed E-state index contributed by atoms with van der Waals surface area (Å²) in [6.45, 7) is 0. The highest BCUT2D eigenvalue weighted by Crippen LogP contribution is 2.23. The fourth-order valence-electron chi connectivity index (χ4n) is 1.30. The molecule has 5 heteroatoms. The van der Waals surface area contributed by atoms with Gasteiger partial charge in [-0.2, -0.15) is 0 Å². The van der Waals surface area contributed by atoms with E-state index >= 15 is 0 Å². The first-order valence-corrected chi connectivity index (χ1v) is 5.76. The van der Waals surface area contributed by atoms with Gasteiger partial charge in [-0.1, -0.05) is 11.6 Å². The lowest BCUT2D eigenvalue weighted by molar-refractivity contribution is 0.0949. The van der Waals surface area contributed by atoms with Crippen LogP contribution in [0, 0.1) is 0 Å². The Labute approximate surface area is 101 Å². The molecule has 15 heavy (non-hydrogen) atoms. The van der Waals surface area contributed by atoms with Crippen LogP contribution < -0.4 is 11.1 Å². The Balaban J connectivity index is 2.11.